The Hall–Kier alpha value is -0.0800. The van der Waals surface area contributed by atoms with Crippen molar-refractivity contribution < 1.29 is 10.2 Å². The lowest BCUT2D eigenvalue weighted by molar-refractivity contribution is -0.0175. The average molecular weight is 160 g/mol. The van der Waals surface area contributed by atoms with Crippen LogP contribution in [-0.4, -0.2) is 21.9 Å². The van der Waals surface area contributed by atoms with Crippen molar-refractivity contribution in [1.82, 2.24) is 0 Å². The molecule has 2 N–H and O–H groups in total. The summed E-state index contributed by atoms with van der Waals surface area (Å²) in [6, 6.07) is 0. The summed E-state index contributed by atoms with van der Waals surface area (Å²) in [6.45, 7) is 5.83. The van der Waals surface area contributed by atoms with Crippen molar-refractivity contribution in [1.29, 1.82) is 0 Å². The summed E-state index contributed by atoms with van der Waals surface area (Å²) in [6.07, 6.45) is 2.84. The second-order valence-corrected chi connectivity index (χ2v) is 3.23. The highest BCUT2D eigenvalue weighted by molar-refractivity contribution is 4.80. The third kappa shape index (κ3) is 4.38. The minimum atomic E-state index is -0.501. The van der Waals surface area contributed by atoms with Gasteiger partial charge in [0.15, 0.2) is 0 Å². The fourth-order valence-electron chi connectivity index (χ4n) is 1.22. The Labute approximate surface area is 69.2 Å². The number of hydrogen-bond acceptors (Lipinski definition) is 2. The lowest BCUT2D eigenvalue weighted by Crippen LogP contribution is -2.32. The van der Waals surface area contributed by atoms with Gasteiger partial charge in [-0.3, -0.25) is 0 Å². The summed E-state index contributed by atoms with van der Waals surface area (Å²) in [5.41, 5.74) is -0.501. The summed E-state index contributed by atoms with van der Waals surface area (Å²) in [5.74, 6) is 0. The minimum absolute atomic E-state index is 0.162. The number of hydrogen-bond donors (Lipinski definition) is 2. The molecule has 0 heterocycles. The number of rotatable bonds is 0. The van der Waals surface area contributed by atoms with Gasteiger partial charge in [-0.1, -0.05) is 13.8 Å². The molecule has 0 radical (unpaired) electrons. The third-order valence-electron chi connectivity index (χ3n) is 2.03. The summed E-state index contributed by atoms with van der Waals surface area (Å²) in [7, 11) is 0. The van der Waals surface area contributed by atoms with Gasteiger partial charge in [0, 0.05) is 0 Å². The first-order valence-corrected chi connectivity index (χ1v) is 4.51. The van der Waals surface area contributed by atoms with Crippen LogP contribution in [0.15, 0.2) is 0 Å². The van der Waals surface area contributed by atoms with Gasteiger partial charge < -0.3 is 10.2 Å². The molecule has 1 aliphatic rings. The summed E-state index contributed by atoms with van der Waals surface area (Å²) in [4.78, 5) is 0. The van der Waals surface area contributed by atoms with Crippen LogP contribution in [0.1, 0.15) is 46.5 Å². The van der Waals surface area contributed by atoms with E-state index in [1.165, 1.54) is 0 Å². The largest absolute Gasteiger partial charge is 0.393 e. The van der Waals surface area contributed by atoms with Gasteiger partial charge in [0.25, 0.3) is 0 Å². The molecule has 0 aromatic rings. The summed E-state index contributed by atoms with van der Waals surface area (Å²) >= 11 is 0. The molecular weight excluding hydrogens is 140 g/mol. The van der Waals surface area contributed by atoms with Crippen LogP contribution < -0.4 is 0 Å². The van der Waals surface area contributed by atoms with Crippen molar-refractivity contribution >= 4 is 0 Å². The zero-order valence-corrected chi connectivity index (χ0v) is 7.80. The highest BCUT2D eigenvalue weighted by Crippen LogP contribution is 2.27. The Morgan fingerprint density at radius 3 is 1.82 bits per heavy atom. The van der Waals surface area contributed by atoms with Gasteiger partial charge in [0.1, 0.15) is 0 Å². The Morgan fingerprint density at radius 1 is 1.18 bits per heavy atom. The van der Waals surface area contributed by atoms with Crippen LogP contribution in [0.5, 0.6) is 0 Å². The Morgan fingerprint density at radius 2 is 1.55 bits per heavy atom. The van der Waals surface area contributed by atoms with Crippen LogP contribution >= 0.6 is 0 Å². The molecule has 1 fully saturated rings. The summed E-state index contributed by atoms with van der Waals surface area (Å²) in [5, 5.41) is 18.4. The Balaban J connectivity index is 0.000000461. The quantitative estimate of drug-likeness (QED) is 0.566. The SMILES string of the molecule is CC.CC1(O)CCC(O)CC1. The first-order valence-electron chi connectivity index (χ1n) is 4.51. The van der Waals surface area contributed by atoms with Gasteiger partial charge in [0.05, 0.1) is 11.7 Å². The molecule has 11 heavy (non-hydrogen) atoms. The normalized spacial score (nSPS) is 37.4. The second-order valence-electron chi connectivity index (χ2n) is 3.23. The molecule has 0 atom stereocenters. The predicted octanol–water partition coefficient (Wildman–Crippen LogP) is 1.70. The standard InChI is InChI=1S/C7H14O2.C2H6/c1-7(9)4-2-6(8)3-5-7;1-2/h6,8-9H,2-5H2,1H3;1-2H3. The molecule has 0 bridgehead atoms. The molecule has 1 rings (SSSR count). The van der Waals surface area contributed by atoms with E-state index in [2.05, 4.69) is 0 Å². The molecular formula is C9H20O2. The molecule has 0 amide bonds. The maximum Gasteiger partial charge on any atom is 0.0621 e. The first-order chi connectivity index (χ1) is 5.10. The highest BCUT2D eigenvalue weighted by Gasteiger charge is 2.27. The van der Waals surface area contributed by atoms with E-state index < -0.39 is 5.60 Å². The minimum Gasteiger partial charge on any atom is -0.393 e. The molecule has 0 spiro atoms. The molecule has 0 aromatic carbocycles. The second kappa shape index (κ2) is 4.73. The fraction of sp³-hybridized carbons (Fsp3) is 1.00. The zero-order chi connectivity index (χ0) is 8.91. The van der Waals surface area contributed by atoms with Gasteiger partial charge in [-0.05, 0) is 32.6 Å². The predicted molar refractivity (Wildman–Crippen MR) is 46.4 cm³/mol. The molecule has 1 saturated carbocycles. The maximum atomic E-state index is 9.38. The van der Waals surface area contributed by atoms with Crippen molar-refractivity contribution in [2.45, 2.75) is 58.2 Å². The van der Waals surface area contributed by atoms with Gasteiger partial charge in [-0.25, -0.2) is 0 Å². The van der Waals surface area contributed by atoms with Crippen LogP contribution in [-0.2, 0) is 0 Å². The average Bonchev–Trinajstić information content (AvgIpc) is 2.00. The lowest BCUT2D eigenvalue weighted by atomic mass is 9.85. The van der Waals surface area contributed by atoms with Crippen molar-refractivity contribution in [2.24, 2.45) is 0 Å². The maximum absolute atomic E-state index is 9.38. The summed E-state index contributed by atoms with van der Waals surface area (Å²) < 4.78 is 0. The molecule has 0 aromatic heterocycles. The topological polar surface area (TPSA) is 40.5 Å². The van der Waals surface area contributed by atoms with Gasteiger partial charge in [0.2, 0.25) is 0 Å². The van der Waals surface area contributed by atoms with E-state index in [4.69, 9.17) is 5.11 Å². The monoisotopic (exact) mass is 160 g/mol. The molecule has 0 aliphatic heterocycles. The smallest absolute Gasteiger partial charge is 0.0621 e. The van der Waals surface area contributed by atoms with Crippen LogP contribution in [0.25, 0.3) is 0 Å². The van der Waals surface area contributed by atoms with Gasteiger partial charge in [-0.2, -0.15) is 0 Å². The van der Waals surface area contributed by atoms with Crippen LogP contribution in [0.2, 0.25) is 0 Å². The molecule has 0 saturated heterocycles. The Kier molecular flexibility index (Phi) is 4.69. The Bertz CT molecular complexity index is 89.7. The molecule has 2 heteroatoms. The van der Waals surface area contributed by atoms with E-state index in [-0.39, 0.29) is 6.10 Å². The molecule has 1 aliphatic carbocycles. The van der Waals surface area contributed by atoms with Crippen molar-refractivity contribution in [3.05, 3.63) is 0 Å². The first kappa shape index (κ1) is 10.9. The highest BCUT2D eigenvalue weighted by atomic mass is 16.3. The van der Waals surface area contributed by atoms with Crippen LogP contribution in [0.4, 0.5) is 0 Å². The van der Waals surface area contributed by atoms with E-state index in [1.54, 1.807) is 0 Å². The lowest BCUT2D eigenvalue weighted by Gasteiger charge is -2.30. The van der Waals surface area contributed by atoms with Crippen molar-refractivity contribution in [2.75, 3.05) is 0 Å². The van der Waals surface area contributed by atoms with Gasteiger partial charge >= 0.3 is 0 Å². The van der Waals surface area contributed by atoms with Crippen LogP contribution in [0, 0.1) is 0 Å². The number of aliphatic hydroxyl groups excluding tert-OH is 1. The number of aliphatic hydroxyl groups is 2. The molecule has 2 nitrogen and oxygen atoms in total. The van der Waals surface area contributed by atoms with E-state index in [1.807, 2.05) is 20.8 Å². The van der Waals surface area contributed by atoms with E-state index >= 15 is 0 Å². The molecule has 0 unspecified atom stereocenters. The van der Waals surface area contributed by atoms with E-state index in [0.29, 0.717) is 0 Å². The van der Waals surface area contributed by atoms with Crippen LogP contribution in [0.3, 0.4) is 0 Å². The van der Waals surface area contributed by atoms with Crippen molar-refractivity contribution in [3.63, 3.8) is 0 Å². The van der Waals surface area contributed by atoms with Crippen molar-refractivity contribution in [3.8, 4) is 0 Å². The molecule has 68 valence electrons. The third-order valence-corrected chi connectivity index (χ3v) is 2.03. The van der Waals surface area contributed by atoms with Gasteiger partial charge in [-0.15, -0.1) is 0 Å². The fourth-order valence-corrected chi connectivity index (χ4v) is 1.22. The van der Waals surface area contributed by atoms with E-state index in [9.17, 15) is 5.11 Å². The van der Waals surface area contributed by atoms with E-state index in [0.717, 1.165) is 25.7 Å². The zero-order valence-electron chi connectivity index (χ0n) is 7.80.